The summed E-state index contributed by atoms with van der Waals surface area (Å²) in [7, 11) is 0. The summed E-state index contributed by atoms with van der Waals surface area (Å²) >= 11 is 0. The fraction of sp³-hybridized carbons (Fsp3) is 0.458. The second-order valence-corrected chi connectivity index (χ2v) is 9.02. The topological polar surface area (TPSA) is 126 Å². The van der Waals surface area contributed by atoms with Crippen LogP contribution in [-0.4, -0.2) is 81.7 Å². The van der Waals surface area contributed by atoms with Crippen molar-refractivity contribution in [3.63, 3.8) is 0 Å². The number of rotatable bonds is 4. The molecule has 0 bridgehead atoms. The number of H-pyrrole nitrogens is 1. The first-order valence-electron chi connectivity index (χ1n) is 11.3. The molecule has 5 heterocycles. The lowest BCUT2D eigenvalue weighted by atomic mass is 9.96. The third kappa shape index (κ3) is 3.86. The molecule has 0 spiro atoms. The van der Waals surface area contributed by atoms with E-state index in [0.717, 1.165) is 5.56 Å². The second-order valence-electron chi connectivity index (χ2n) is 9.02. The van der Waals surface area contributed by atoms with Gasteiger partial charge in [0.05, 0.1) is 43.1 Å². The summed E-state index contributed by atoms with van der Waals surface area (Å²) in [4.78, 5) is 7.52. The van der Waals surface area contributed by atoms with Crippen LogP contribution in [-0.2, 0) is 14.2 Å². The Morgan fingerprint density at radius 2 is 1.68 bits per heavy atom. The summed E-state index contributed by atoms with van der Waals surface area (Å²) in [5, 5.41) is 29.4. The van der Waals surface area contributed by atoms with Gasteiger partial charge in [0.2, 0.25) is 0 Å². The molecular weight excluding hydrogens is 447 g/mol. The molecule has 0 aliphatic carbocycles. The van der Waals surface area contributed by atoms with Crippen molar-refractivity contribution in [1.82, 2.24) is 9.97 Å². The van der Waals surface area contributed by atoms with Crippen molar-refractivity contribution in [3.8, 4) is 17.1 Å². The number of halogens is 1. The van der Waals surface area contributed by atoms with E-state index < -0.39 is 30.2 Å². The number of hydrogen-bond donors (Lipinski definition) is 4. The highest BCUT2D eigenvalue weighted by atomic mass is 19.1. The fourth-order valence-electron chi connectivity index (χ4n) is 4.84. The first-order chi connectivity index (χ1) is 16.5. The number of nitrogens with one attached hydrogen (secondary N) is 1. The lowest BCUT2D eigenvalue weighted by Crippen LogP contribution is -2.37. The summed E-state index contributed by atoms with van der Waals surface area (Å²) in [6.45, 7) is 0.577. The number of fused-ring (bicyclic) bond motifs is 2. The second kappa shape index (κ2) is 8.56. The zero-order chi connectivity index (χ0) is 23.4. The largest absolute Gasteiger partial charge is 0.470 e. The number of aromatic amines is 1. The van der Waals surface area contributed by atoms with Crippen molar-refractivity contribution in [1.29, 1.82) is 0 Å². The molecule has 1 aromatic carbocycles. The van der Waals surface area contributed by atoms with Gasteiger partial charge in [0.15, 0.2) is 17.8 Å². The number of aromatic nitrogens is 2. The maximum absolute atomic E-state index is 14.9. The van der Waals surface area contributed by atoms with Gasteiger partial charge in [-0.3, -0.25) is 0 Å². The van der Waals surface area contributed by atoms with E-state index in [-0.39, 0.29) is 37.2 Å². The molecule has 2 aromatic heterocycles. The van der Waals surface area contributed by atoms with Crippen molar-refractivity contribution >= 4 is 11.0 Å². The van der Waals surface area contributed by atoms with Gasteiger partial charge in [-0.05, 0) is 5.56 Å². The van der Waals surface area contributed by atoms with Gasteiger partial charge in [-0.15, -0.1) is 0 Å². The maximum atomic E-state index is 14.9. The highest BCUT2D eigenvalue weighted by Gasteiger charge is 2.48. The van der Waals surface area contributed by atoms with Gasteiger partial charge in [-0.25, -0.2) is 9.37 Å². The van der Waals surface area contributed by atoms with Gasteiger partial charge in [-0.2, -0.15) is 0 Å². The molecule has 3 aliphatic heterocycles. The van der Waals surface area contributed by atoms with E-state index in [4.69, 9.17) is 18.9 Å². The van der Waals surface area contributed by atoms with Crippen molar-refractivity contribution in [2.45, 2.75) is 49.1 Å². The van der Waals surface area contributed by atoms with Gasteiger partial charge >= 0.3 is 0 Å². The van der Waals surface area contributed by atoms with E-state index >= 15 is 0 Å². The average Bonchev–Trinajstić information content (AvgIpc) is 3.52. The number of benzene rings is 1. The number of pyridine rings is 1. The van der Waals surface area contributed by atoms with E-state index in [9.17, 15) is 19.7 Å². The van der Waals surface area contributed by atoms with Crippen LogP contribution in [0.2, 0.25) is 0 Å². The summed E-state index contributed by atoms with van der Waals surface area (Å²) in [6.07, 6.45) is -3.54. The molecule has 3 aliphatic rings. The number of hydrogen-bond acceptors (Lipinski definition) is 8. The van der Waals surface area contributed by atoms with Gasteiger partial charge in [0.25, 0.3) is 0 Å². The van der Waals surface area contributed by atoms with E-state index in [1.807, 2.05) is 12.1 Å². The maximum Gasteiger partial charge on any atom is 0.193 e. The number of ether oxygens (including phenoxy) is 4. The summed E-state index contributed by atoms with van der Waals surface area (Å²) in [6, 6.07) is 10.2. The molecule has 4 N–H and O–H groups in total. The van der Waals surface area contributed by atoms with Crippen LogP contribution >= 0.6 is 0 Å². The van der Waals surface area contributed by atoms with Crippen LogP contribution in [0.25, 0.3) is 22.3 Å². The van der Waals surface area contributed by atoms with Crippen molar-refractivity contribution in [2.75, 3.05) is 19.8 Å². The van der Waals surface area contributed by atoms with Crippen LogP contribution in [0.15, 0.2) is 36.4 Å². The standard InChI is InChI=1S/C24H25FN2O7/c25-13-5-14-15(6-21(26-14)34-20-10-33-23-18(30)9-32-24(20)23)27-22(13)12-3-1-11(2-4-12)19-7-16(28)17(29)8-31-19/h1-6,16-20,23-24,26,28-30H,7-10H2/t16-,17+,18-,19-,20-,23-,24-/m1/s1. The lowest BCUT2D eigenvalue weighted by Gasteiger charge is -2.30. The summed E-state index contributed by atoms with van der Waals surface area (Å²) in [5.41, 5.74) is 2.69. The van der Waals surface area contributed by atoms with Gasteiger partial charge < -0.3 is 39.3 Å². The molecule has 10 heteroatoms. The SMILES string of the molecule is O[C@@H]1CO[C@H]2[C@@H]1OC[C@H]2Oc1cc2nc(-c3ccc([C@H]4C[C@@H](O)[C@@H](O)CO4)cc3)c(F)cc2[nH]1. The summed E-state index contributed by atoms with van der Waals surface area (Å²) in [5.74, 6) is -0.0588. The van der Waals surface area contributed by atoms with Crippen LogP contribution in [0.1, 0.15) is 18.1 Å². The monoisotopic (exact) mass is 472 g/mol. The molecule has 0 unspecified atom stereocenters. The predicted octanol–water partition coefficient (Wildman–Crippen LogP) is 1.46. The Morgan fingerprint density at radius 1 is 0.912 bits per heavy atom. The molecule has 6 rings (SSSR count). The Balaban J connectivity index is 1.21. The Morgan fingerprint density at radius 3 is 2.47 bits per heavy atom. The highest BCUT2D eigenvalue weighted by molar-refractivity contribution is 5.80. The molecule has 34 heavy (non-hydrogen) atoms. The minimum absolute atomic E-state index is 0.0689. The summed E-state index contributed by atoms with van der Waals surface area (Å²) < 4.78 is 37.7. The number of aliphatic hydroxyl groups is 3. The van der Waals surface area contributed by atoms with Crippen LogP contribution in [0.3, 0.4) is 0 Å². The van der Waals surface area contributed by atoms with E-state index in [1.54, 1.807) is 18.2 Å². The highest BCUT2D eigenvalue weighted by Crippen LogP contribution is 2.33. The molecule has 3 aromatic rings. The lowest BCUT2D eigenvalue weighted by molar-refractivity contribution is -0.122. The van der Waals surface area contributed by atoms with E-state index in [0.29, 0.717) is 35.5 Å². The Labute approximate surface area is 194 Å². The zero-order valence-electron chi connectivity index (χ0n) is 18.1. The molecule has 180 valence electrons. The van der Waals surface area contributed by atoms with Gasteiger partial charge in [0, 0.05) is 24.1 Å². The van der Waals surface area contributed by atoms with Crippen LogP contribution in [0.4, 0.5) is 4.39 Å². The minimum Gasteiger partial charge on any atom is -0.470 e. The zero-order valence-corrected chi connectivity index (χ0v) is 18.1. The normalized spacial score (nSPS) is 33.4. The van der Waals surface area contributed by atoms with E-state index in [2.05, 4.69) is 9.97 Å². The van der Waals surface area contributed by atoms with E-state index in [1.165, 1.54) is 6.07 Å². The number of aliphatic hydroxyl groups excluding tert-OH is 3. The van der Waals surface area contributed by atoms with Crippen LogP contribution in [0, 0.1) is 5.82 Å². The van der Waals surface area contributed by atoms with Crippen LogP contribution in [0.5, 0.6) is 5.88 Å². The molecule has 0 amide bonds. The van der Waals surface area contributed by atoms with Gasteiger partial charge in [-0.1, -0.05) is 24.3 Å². The Kier molecular flexibility index (Phi) is 5.51. The molecule has 0 saturated carbocycles. The fourth-order valence-corrected chi connectivity index (χ4v) is 4.84. The van der Waals surface area contributed by atoms with Crippen molar-refractivity contribution in [3.05, 3.63) is 47.8 Å². The molecular formula is C24H25FN2O7. The Bertz CT molecular complexity index is 1190. The first kappa shape index (κ1) is 21.9. The molecule has 3 saturated heterocycles. The smallest absolute Gasteiger partial charge is 0.193 e. The first-order valence-corrected chi connectivity index (χ1v) is 11.3. The molecule has 7 atom stereocenters. The average molecular weight is 472 g/mol. The quantitative estimate of drug-likeness (QED) is 0.450. The third-order valence-corrected chi connectivity index (χ3v) is 6.72. The van der Waals surface area contributed by atoms with Crippen molar-refractivity contribution < 1.29 is 38.7 Å². The van der Waals surface area contributed by atoms with Gasteiger partial charge in [0.1, 0.15) is 30.1 Å². The third-order valence-electron chi connectivity index (χ3n) is 6.72. The minimum atomic E-state index is -0.879. The molecule has 3 fully saturated rings. The molecule has 9 nitrogen and oxygen atoms in total. The molecule has 0 radical (unpaired) electrons. The Hall–Kier alpha value is -2.60. The number of nitrogens with zero attached hydrogens (tertiary/aromatic N) is 1. The van der Waals surface area contributed by atoms with Crippen LogP contribution < -0.4 is 4.74 Å². The predicted molar refractivity (Wildman–Crippen MR) is 117 cm³/mol. The van der Waals surface area contributed by atoms with Crippen molar-refractivity contribution in [2.24, 2.45) is 0 Å².